The van der Waals surface area contributed by atoms with Gasteiger partial charge in [-0.3, -0.25) is 4.79 Å². The zero-order chi connectivity index (χ0) is 21.9. The number of carbonyl (C=O) groups is 2. The van der Waals surface area contributed by atoms with E-state index >= 15 is 0 Å². The fraction of sp³-hybridized carbons (Fsp3) is 0.417. The molecule has 2 aromatic rings. The number of hydrogen-bond donors (Lipinski definition) is 2. The van der Waals surface area contributed by atoms with Crippen LogP contribution in [0.5, 0.6) is 0 Å². The molecule has 0 saturated heterocycles. The number of alkyl carbamates (subject to hydrolysis) is 1. The number of benzene rings is 2. The lowest BCUT2D eigenvalue weighted by Gasteiger charge is -2.28. The van der Waals surface area contributed by atoms with Crippen LogP contribution in [-0.4, -0.2) is 43.6 Å². The molecule has 0 aliphatic carbocycles. The lowest BCUT2D eigenvalue weighted by molar-refractivity contribution is -0.124. The average molecular weight is 412 g/mol. The van der Waals surface area contributed by atoms with Crippen LogP contribution in [0.4, 0.5) is 4.79 Å². The summed E-state index contributed by atoms with van der Waals surface area (Å²) in [6, 6.07) is 18.9. The molecule has 0 heterocycles. The summed E-state index contributed by atoms with van der Waals surface area (Å²) >= 11 is 0. The lowest BCUT2D eigenvalue weighted by Crippen LogP contribution is -2.51. The summed E-state index contributed by atoms with van der Waals surface area (Å²) in [5, 5.41) is 5.75. The molecule has 0 aliphatic rings. The Balaban J connectivity index is 1.96. The molecule has 0 unspecified atom stereocenters. The first-order valence-electron chi connectivity index (χ1n) is 10.4. The summed E-state index contributed by atoms with van der Waals surface area (Å²) in [6.07, 6.45) is 0.166. The molecule has 0 spiro atoms. The molecule has 0 saturated carbocycles. The van der Waals surface area contributed by atoms with E-state index in [0.29, 0.717) is 6.54 Å². The first kappa shape index (κ1) is 23.4. The molecule has 2 amide bonds. The Kier molecular flexibility index (Phi) is 9.35. The van der Waals surface area contributed by atoms with Gasteiger partial charge in [0.2, 0.25) is 5.91 Å². The number of hydrogen-bond acceptors (Lipinski definition) is 4. The molecule has 3 atom stereocenters. The van der Waals surface area contributed by atoms with Gasteiger partial charge >= 0.3 is 6.09 Å². The summed E-state index contributed by atoms with van der Waals surface area (Å²) in [7, 11) is 3.96. The maximum atomic E-state index is 12.9. The molecule has 0 bridgehead atoms. The van der Waals surface area contributed by atoms with Gasteiger partial charge in [-0.05, 0) is 31.1 Å². The van der Waals surface area contributed by atoms with Gasteiger partial charge in [0.05, 0.1) is 6.04 Å². The van der Waals surface area contributed by atoms with E-state index in [1.54, 1.807) is 0 Å². The molecule has 30 heavy (non-hydrogen) atoms. The monoisotopic (exact) mass is 411 g/mol. The molecule has 0 fully saturated rings. The van der Waals surface area contributed by atoms with Gasteiger partial charge in [0.15, 0.2) is 0 Å². The van der Waals surface area contributed by atoms with E-state index in [0.717, 1.165) is 17.5 Å². The highest BCUT2D eigenvalue weighted by molar-refractivity contribution is 5.85. The molecule has 0 radical (unpaired) electrons. The van der Waals surface area contributed by atoms with Crippen molar-refractivity contribution >= 4 is 12.0 Å². The zero-order valence-electron chi connectivity index (χ0n) is 18.3. The van der Waals surface area contributed by atoms with Crippen molar-refractivity contribution in [3.63, 3.8) is 0 Å². The molecule has 6 heteroatoms. The first-order valence-corrected chi connectivity index (χ1v) is 10.4. The van der Waals surface area contributed by atoms with Crippen LogP contribution in [0.25, 0.3) is 0 Å². The topological polar surface area (TPSA) is 70.7 Å². The number of likely N-dealkylation sites (N-methyl/N-ethyl adjacent to an activating group) is 1. The lowest BCUT2D eigenvalue weighted by atomic mass is 9.98. The first-order chi connectivity index (χ1) is 14.4. The predicted molar refractivity (Wildman–Crippen MR) is 119 cm³/mol. The van der Waals surface area contributed by atoms with E-state index in [9.17, 15) is 9.59 Å². The minimum Gasteiger partial charge on any atom is -0.445 e. The van der Waals surface area contributed by atoms with E-state index < -0.39 is 12.1 Å². The van der Waals surface area contributed by atoms with Crippen molar-refractivity contribution in [1.82, 2.24) is 15.5 Å². The Hall–Kier alpha value is -2.86. The summed E-state index contributed by atoms with van der Waals surface area (Å²) in [5.74, 6) is -0.229. The minimum atomic E-state index is -0.656. The quantitative estimate of drug-likeness (QED) is 0.625. The number of rotatable bonds is 10. The van der Waals surface area contributed by atoms with Crippen LogP contribution >= 0.6 is 0 Å². The minimum absolute atomic E-state index is 0.0243. The van der Waals surface area contributed by atoms with Gasteiger partial charge in [-0.25, -0.2) is 4.79 Å². The molecule has 2 N–H and O–H groups in total. The maximum Gasteiger partial charge on any atom is 0.408 e. The van der Waals surface area contributed by atoms with E-state index in [1.165, 1.54) is 0 Å². The Labute approximate surface area is 179 Å². The smallest absolute Gasteiger partial charge is 0.408 e. The van der Waals surface area contributed by atoms with Crippen molar-refractivity contribution in [3.8, 4) is 0 Å². The van der Waals surface area contributed by atoms with Gasteiger partial charge in [0, 0.05) is 6.54 Å². The third-order valence-corrected chi connectivity index (χ3v) is 5.26. The van der Waals surface area contributed by atoms with E-state index in [1.807, 2.05) is 88.6 Å². The van der Waals surface area contributed by atoms with Gasteiger partial charge < -0.3 is 20.3 Å². The fourth-order valence-electron chi connectivity index (χ4n) is 3.17. The average Bonchev–Trinajstić information content (AvgIpc) is 2.76. The number of nitrogens with zero attached hydrogens (tertiary/aromatic N) is 1. The summed E-state index contributed by atoms with van der Waals surface area (Å²) in [4.78, 5) is 27.3. The molecular weight excluding hydrogens is 378 g/mol. The number of amides is 2. The molecule has 0 aromatic heterocycles. The zero-order valence-corrected chi connectivity index (χ0v) is 18.3. The van der Waals surface area contributed by atoms with Crippen LogP contribution in [0.3, 0.4) is 0 Å². The van der Waals surface area contributed by atoms with Crippen LogP contribution in [0, 0.1) is 5.92 Å². The van der Waals surface area contributed by atoms with Crippen molar-refractivity contribution < 1.29 is 14.3 Å². The highest BCUT2D eigenvalue weighted by Gasteiger charge is 2.27. The highest BCUT2D eigenvalue weighted by Crippen LogP contribution is 2.17. The molecular formula is C24H33N3O3. The van der Waals surface area contributed by atoms with Crippen molar-refractivity contribution in [1.29, 1.82) is 0 Å². The number of nitrogens with one attached hydrogen (secondary N) is 2. The van der Waals surface area contributed by atoms with Crippen LogP contribution in [0.2, 0.25) is 0 Å². The second-order valence-corrected chi connectivity index (χ2v) is 7.70. The molecule has 2 aromatic carbocycles. The van der Waals surface area contributed by atoms with E-state index in [2.05, 4.69) is 15.5 Å². The molecule has 6 nitrogen and oxygen atoms in total. The number of ether oxygens (including phenoxy) is 1. The third-order valence-electron chi connectivity index (χ3n) is 5.26. The molecule has 0 aliphatic heterocycles. The van der Waals surface area contributed by atoms with Crippen LogP contribution in [0.1, 0.15) is 37.4 Å². The van der Waals surface area contributed by atoms with E-state index in [4.69, 9.17) is 4.74 Å². The fourth-order valence-corrected chi connectivity index (χ4v) is 3.17. The summed E-state index contributed by atoms with van der Waals surface area (Å²) in [5.41, 5.74) is 2.02. The summed E-state index contributed by atoms with van der Waals surface area (Å²) in [6.45, 7) is 4.55. The van der Waals surface area contributed by atoms with E-state index in [-0.39, 0.29) is 24.5 Å². The second-order valence-electron chi connectivity index (χ2n) is 7.70. The largest absolute Gasteiger partial charge is 0.445 e. The predicted octanol–water partition coefficient (Wildman–Crippen LogP) is 3.75. The van der Waals surface area contributed by atoms with Crippen LogP contribution in [-0.2, 0) is 16.1 Å². The SMILES string of the molecule is CC[C@H](C)[C@@H](NC(=O)OCc1ccccc1)C(=O)NC[C@H](c1ccccc1)N(C)C. The standard InChI is InChI=1S/C24H33N3O3/c1-5-18(2)22(26-24(29)30-17-19-12-8-6-9-13-19)23(28)25-16-21(27(3)4)20-14-10-7-11-15-20/h6-15,18,21-22H,5,16-17H2,1-4H3,(H,25,28)(H,26,29)/t18-,21+,22+/m0/s1. The van der Waals surface area contributed by atoms with Crippen molar-refractivity contribution in [2.24, 2.45) is 5.92 Å². The van der Waals surface area contributed by atoms with Crippen molar-refractivity contribution in [2.45, 2.75) is 39.0 Å². The van der Waals surface area contributed by atoms with Gasteiger partial charge in [0.1, 0.15) is 12.6 Å². The maximum absolute atomic E-state index is 12.9. The summed E-state index contributed by atoms with van der Waals surface area (Å²) < 4.78 is 5.30. The Morgan fingerprint density at radius 2 is 1.60 bits per heavy atom. The van der Waals surface area contributed by atoms with Crippen molar-refractivity contribution in [3.05, 3.63) is 71.8 Å². The van der Waals surface area contributed by atoms with Crippen LogP contribution in [0.15, 0.2) is 60.7 Å². The van der Waals surface area contributed by atoms with Gasteiger partial charge in [0.25, 0.3) is 0 Å². The van der Waals surface area contributed by atoms with Gasteiger partial charge in [-0.1, -0.05) is 80.9 Å². The normalized spacial score (nSPS) is 13.9. The van der Waals surface area contributed by atoms with Gasteiger partial charge in [-0.15, -0.1) is 0 Å². The number of carbonyl (C=O) groups excluding carboxylic acids is 2. The van der Waals surface area contributed by atoms with Crippen molar-refractivity contribution in [2.75, 3.05) is 20.6 Å². The Morgan fingerprint density at radius 3 is 2.17 bits per heavy atom. The Bertz CT molecular complexity index is 781. The third kappa shape index (κ3) is 7.19. The molecule has 2 rings (SSSR count). The van der Waals surface area contributed by atoms with Gasteiger partial charge in [-0.2, -0.15) is 0 Å². The van der Waals surface area contributed by atoms with Crippen LogP contribution < -0.4 is 10.6 Å². The highest BCUT2D eigenvalue weighted by atomic mass is 16.5. The molecule has 162 valence electrons. The second kappa shape index (κ2) is 12.0. The Morgan fingerprint density at radius 1 is 1.00 bits per heavy atom.